The molecule has 0 saturated carbocycles. The molecule has 1 aromatic heterocycles. The summed E-state index contributed by atoms with van der Waals surface area (Å²) in [7, 11) is 0. The Morgan fingerprint density at radius 3 is 2.70 bits per heavy atom. The van der Waals surface area contributed by atoms with Crippen molar-refractivity contribution < 1.29 is 19.2 Å². The molecule has 0 N–H and O–H groups in total. The van der Waals surface area contributed by atoms with Crippen molar-refractivity contribution in [2.24, 2.45) is 0 Å². The zero-order chi connectivity index (χ0) is 24.2. The summed E-state index contributed by atoms with van der Waals surface area (Å²) in [5.74, 6) is 0.203. The maximum atomic E-state index is 12.4. The first kappa shape index (κ1) is 24.0. The van der Waals surface area contributed by atoms with Gasteiger partial charge in [-0.25, -0.2) is 4.79 Å². The van der Waals surface area contributed by atoms with E-state index in [1.54, 1.807) is 50.0 Å². The molecule has 0 spiro atoms. The molecule has 1 aliphatic heterocycles. The molecule has 3 rings (SSSR count). The molecule has 0 aliphatic carbocycles. The van der Waals surface area contributed by atoms with Gasteiger partial charge in [-0.15, -0.1) is 0 Å². The van der Waals surface area contributed by atoms with Crippen molar-refractivity contribution in [3.05, 3.63) is 40.7 Å². The third kappa shape index (κ3) is 5.25. The highest BCUT2D eigenvalue weighted by molar-refractivity contribution is 5.75. The van der Waals surface area contributed by atoms with Gasteiger partial charge in [0.1, 0.15) is 11.1 Å². The average molecular weight is 456 g/mol. The summed E-state index contributed by atoms with van der Waals surface area (Å²) in [6.07, 6.45) is 4.74. The summed E-state index contributed by atoms with van der Waals surface area (Å²) in [4.78, 5) is 25.0. The molecule has 0 bridgehead atoms. The van der Waals surface area contributed by atoms with Crippen LogP contribution in [0.3, 0.4) is 0 Å². The molecule has 2 heterocycles. The SMILES string of the molecule is CCCCOc1c(-c2cnn(C3(CC#N)CN(C(=O)OC(C)(C)C)C3)c2)cccc1[N+](=O)[O-]. The number of carbonyl (C=O) groups excluding carboxylic acids is 1. The van der Waals surface area contributed by atoms with Crippen LogP contribution >= 0.6 is 0 Å². The van der Waals surface area contributed by atoms with Gasteiger partial charge in [-0.05, 0) is 27.2 Å². The molecule has 2 aromatic rings. The minimum absolute atomic E-state index is 0.108. The van der Waals surface area contributed by atoms with Crippen LogP contribution in [0.15, 0.2) is 30.6 Å². The highest BCUT2D eigenvalue weighted by atomic mass is 16.6. The average Bonchev–Trinajstić information content (AvgIpc) is 3.19. The maximum absolute atomic E-state index is 12.4. The first-order valence-electron chi connectivity index (χ1n) is 10.9. The fourth-order valence-electron chi connectivity index (χ4n) is 3.69. The topological polar surface area (TPSA) is 124 Å². The summed E-state index contributed by atoms with van der Waals surface area (Å²) >= 11 is 0. The van der Waals surface area contributed by atoms with Gasteiger partial charge in [-0.1, -0.05) is 25.5 Å². The predicted molar refractivity (Wildman–Crippen MR) is 121 cm³/mol. The van der Waals surface area contributed by atoms with Crippen LogP contribution in [0.4, 0.5) is 10.5 Å². The van der Waals surface area contributed by atoms with E-state index in [1.165, 1.54) is 11.0 Å². The van der Waals surface area contributed by atoms with Crippen LogP contribution in [-0.2, 0) is 10.3 Å². The molecule has 1 amide bonds. The van der Waals surface area contributed by atoms with Crippen LogP contribution in [0.2, 0.25) is 0 Å². The number of nitro benzene ring substituents is 1. The Morgan fingerprint density at radius 1 is 1.36 bits per heavy atom. The van der Waals surface area contributed by atoms with Gasteiger partial charge >= 0.3 is 11.8 Å². The fourth-order valence-corrected chi connectivity index (χ4v) is 3.69. The lowest BCUT2D eigenvalue weighted by molar-refractivity contribution is -0.385. The van der Waals surface area contributed by atoms with Gasteiger partial charge in [0.25, 0.3) is 0 Å². The number of nitrogens with zero attached hydrogens (tertiary/aromatic N) is 5. The third-order valence-electron chi connectivity index (χ3n) is 5.34. The number of hydrogen-bond donors (Lipinski definition) is 0. The van der Waals surface area contributed by atoms with Crippen molar-refractivity contribution in [1.82, 2.24) is 14.7 Å². The Kier molecular flexibility index (Phi) is 6.91. The summed E-state index contributed by atoms with van der Waals surface area (Å²) in [5, 5.41) is 25.4. The molecule has 1 fully saturated rings. The van der Waals surface area contributed by atoms with E-state index >= 15 is 0 Å². The van der Waals surface area contributed by atoms with Crippen molar-refractivity contribution in [1.29, 1.82) is 5.26 Å². The monoisotopic (exact) mass is 455 g/mol. The lowest BCUT2D eigenvalue weighted by atomic mass is 9.87. The molecule has 176 valence electrons. The molecule has 0 radical (unpaired) electrons. The first-order valence-corrected chi connectivity index (χ1v) is 10.9. The molecule has 10 heteroatoms. The van der Waals surface area contributed by atoms with E-state index in [0.717, 1.165) is 12.8 Å². The van der Waals surface area contributed by atoms with E-state index in [-0.39, 0.29) is 30.9 Å². The number of para-hydroxylation sites is 1. The second kappa shape index (κ2) is 9.48. The number of hydrogen-bond acceptors (Lipinski definition) is 7. The van der Waals surface area contributed by atoms with Gasteiger partial charge in [0, 0.05) is 23.4 Å². The van der Waals surface area contributed by atoms with Gasteiger partial charge in [0.05, 0.1) is 43.3 Å². The van der Waals surface area contributed by atoms with Gasteiger partial charge in [-0.3, -0.25) is 14.8 Å². The molecule has 1 saturated heterocycles. The normalized spacial score (nSPS) is 14.8. The van der Waals surface area contributed by atoms with E-state index in [0.29, 0.717) is 17.7 Å². The van der Waals surface area contributed by atoms with Gasteiger partial charge < -0.3 is 14.4 Å². The zero-order valence-corrected chi connectivity index (χ0v) is 19.4. The van der Waals surface area contributed by atoms with E-state index in [2.05, 4.69) is 11.2 Å². The Labute approximate surface area is 192 Å². The Morgan fingerprint density at radius 2 is 2.09 bits per heavy atom. The van der Waals surface area contributed by atoms with Gasteiger partial charge in [0.2, 0.25) is 5.75 Å². The highest BCUT2D eigenvalue weighted by Crippen LogP contribution is 2.40. The van der Waals surface area contributed by atoms with Crippen LogP contribution < -0.4 is 4.74 Å². The number of aromatic nitrogens is 2. The largest absolute Gasteiger partial charge is 0.486 e. The molecule has 1 aromatic carbocycles. The van der Waals surface area contributed by atoms with Crippen LogP contribution in [0, 0.1) is 21.4 Å². The fraction of sp³-hybridized carbons (Fsp3) is 0.522. The number of amides is 1. The van der Waals surface area contributed by atoms with Crippen molar-refractivity contribution in [2.45, 2.75) is 58.1 Å². The predicted octanol–water partition coefficient (Wildman–Crippen LogP) is 4.50. The van der Waals surface area contributed by atoms with E-state index in [1.807, 2.05) is 6.92 Å². The molecular formula is C23H29N5O5. The molecule has 0 atom stereocenters. The minimum Gasteiger partial charge on any atom is -0.486 e. The molecule has 1 aliphatic rings. The van der Waals surface area contributed by atoms with Gasteiger partial charge in [-0.2, -0.15) is 10.4 Å². The highest BCUT2D eigenvalue weighted by Gasteiger charge is 2.48. The molecule has 0 unspecified atom stereocenters. The van der Waals surface area contributed by atoms with Crippen molar-refractivity contribution >= 4 is 11.8 Å². The Balaban J connectivity index is 1.88. The third-order valence-corrected chi connectivity index (χ3v) is 5.34. The molecular weight excluding hydrogens is 426 g/mol. The Bertz CT molecular complexity index is 1060. The zero-order valence-electron chi connectivity index (χ0n) is 19.4. The molecule has 10 nitrogen and oxygen atoms in total. The van der Waals surface area contributed by atoms with Gasteiger partial charge in [0.15, 0.2) is 0 Å². The lowest BCUT2D eigenvalue weighted by Gasteiger charge is -2.48. The second-order valence-electron chi connectivity index (χ2n) is 9.18. The number of ether oxygens (including phenoxy) is 2. The summed E-state index contributed by atoms with van der Waals surface area (Å²) in [5.41, 5.74) is -0.212. The van der Waals surface area contributed by atoms with Crippen molar-refractivity contribution in [3.8, 4) is 22.9 Å². The summed E-state index contributed by atoms with van der Waals surface area (Å²) in [6.45, 7) is 8.34. The maximum Gasteiger partial charge on any atom is 0.410 e. The first-order chi connectivity index (χ1) is 15.6. The lowest BCUT2D eigenvalue weighted by Crippen LogP contribution is -2.64. The number of likely N-dealkylation sites (tertiary alicyclic amines) is 1. The standard InChI is InChI=1S/C23H29N5O5/c1-5-6-12-32-20-18(8-7-9-19(20)28(30)31)17-13-25-27(14-17)23(10-11-24)15-26(16-23)21(29)33-22(2,3)4/h7-9,13-14H,5-6,10,12,15-16H2,1-4H3. The number of nitro groups is 1. The minimum atomic E-state index is -0.687. The van der Waals surface area contributed by atoms with E-state index in [4.69, 9.17) is 9.47 Å². The Hall–Kier alpha value is -3.61. The van der Waals surface area contributed by atoms with E-state index in [9.17, 15) is 20.2 Å². The van der Waals surface area contributed by atoms with E-state index < -0.39 is 22.2 Å². The van der Waals surface area contributed by atoms with Crippen LogP contribution in [0.5, 0.6) is 5.75 Å². The number of benzene rings is 1. The van der Waals surface area contributed by atoms with Crippen molar-refractivity contribution in [3.63, 3.8) is 0 Å². The quantitative estimate of drug-likeness (QED) is 0.326. The number of carbonyl (C=O) groups is 1. The van der Waals surface area contributed by atoms with Crippen LogP contribution in [-0.4, -0.2) is 51.0 Å². The smallest absolute Gasteiger partial charge is 0.410 e. The van der Waals surface area contributed by atoms with Crippen LogP contribution in [0.25, 0.3) is 11.1 Å². The summed E-state index contributed by atoms with van der Waals surface area (Å²) < 4.78 is 12.9. The van der Waals surface area contributed by atoms with Crippen LogP contribution in [0.1, 0.15) is 47.0 Å². The summed E-state index contributed by atoms with van der Waals surface area (Å²) in [6, 6.07) is 6.95. The number of nitriles is 1. The molecule has 33 heavy (non-hydrogen) atoms. The second-order valence-corrected chi connectivity index (χ2v) is 9.18. The van der Waals surface area contributed by atoms with Crippen molar-refractivity contribution in [2.75, 3.05) is 19.7 Å². The number of rotatable bonds is 8. The number of unbranched alkanes of at least 4 members (excludes halogenated alkanes) is 1.